The second kappa shape index (κ2) is 7.77. The Kier molecular flexibility index (Phi) is 5.71. The lowest BCUT2D eigenvalue weighted by Crippen LogP contribution is -2.11. The smallest absolute Gasteiger partial charge is 0.226 e. The minimum absolute atomic E-state index is 0.0168. The summed E-state index contributed by atoms with van der Waals surface area (Å²) in [5.74, 6) is -0.0168. The Hall–Kier alpha value is -0.920. The van der Waals surface area contributed by atoms with Gasteiger partial charge in [-0.1, -0.05) is 29.3 Å². The van der Waals surface area contributed by atoms with Gasteiger partial charge in [-0.15, -0.1) is 34.0 Å². The minimum Gasteiger partial charge on any atom is -0.302 e. The Morgan fingerprint density at radius 1 is 1.30 bits per heavy atom. The van der Waals surface area contributed by atoms with Crippen LogP contribution >= 0.6 is 57.2 Å². The van der Waals surface area contributed by atoms with E-state index in [1.54, 1.807) is 17.4 Å². The maximum Gasteiger partial charge on any atom is 0.226 e. The lowest BCUT2D eigenvalue weighted by Gasteiger charge is -2.01. The van der Waals surface area contributed by atoms with E-state index in [9.17, 15) is 4.79 Å². The summed E-state index contributed by atoms with van der Waals surface area (Å²) in [6, 6.07) is 5.90. The summed E-state index contributed by atoms with van der Waals surface area (Å²) < 4.78 is 1.23. The van der Waals surface area contributed by atoms with Crippen molar-refractivity contribution in [3.05, 3.63) is 42.5 Å². The van der Waals surface area contributed by atoms with Crippen molar-refractivity contribution in [2.75, 3.05) is 5.32 Å². The van der Waals surface area contributed by atoms with E-state index in [0.717, 1.165) is 24.1 Å². The van der Waals surface area contributed by atoms with E-state index in [-0.39, 0.29) is 5.91 Å². The predicted molar refractivity (Wildman–Crippen MR) is 101 cm³/mol. The SMILES string of the molecule is O=C(CCCc1cccs1)Nc1nc(-c2cc(Cl)sc2Cl)cs1. The molecule has 0 aliphatic carbocycles. The fraction of sp³-hybridized carbons (Fsp3) is 0.200. The number of aryl methyl sites for hydroxylation is 1. The monoisotopic (exact) mass is 402 g/mol. The maximum absolute atomic E-state index is 12.0. The zero-order chi connectivity index (χ0) is 16.2. The molecule has 0 radical (unpaired) electrons. The second-order valence-corrected chi connectivity index (χ2v) is 8.93. The molecule has 0 aromatic carbocycles. The summed E-state index contributed by atoms with van der Waals surface area (Å²) in [6.45, 7) is 0. The molecule has 0 atom stereocenters. The number of hydrogen-bond acceptors (Lipinski definition) is 5. The highest BCUT2D eigenvalue weighted by Crippen LogP contribution is 2.38. The van der Waals surface area contributed by atoms with Crippen LogP contribution in [0.2, 0.25) is 8.67 Å². The zero-order valence-corrected chi connectivity index (χ0v) is 15.8. The summed E-state index contributed by atoms with van der Waals surface area (Å²) >= 11 is 16.5. The van der Waals surface area contributed by atoms with Gasteiger partial charge in [-0.05, 0) is 30.4 Å². The molecule has 3 aromatic rings. The number of anilines is 1. The average Bonchev–Trinajstić information content (AvgIpc) is 3.21. The topological polar surface area (TPSA) is 42.0 Å². The lowest BCUT2D eigenvalue weighted by molar-refractivity contribution is -0.116. The van der Waals surface area contributed by atoms with E-state index in [4.69, 9.17) is 23.2 Å². The van der Waals surface area contributed by atoms with Crippen molar-refractivity contribution < 1.29 is 4.79 Å². The van der Waals surface area contributed by atoms with Gasteiger partial charge >= 0.3 is 0 Å². The second-order valence-electron chi connectivity index (χ2n) is 4.76. The molecular weight excluding hydrogens is 391 g/mol. The molecule has 0 bridgehead atoms. The first-order valence-corrected chi connectivity index (χ1v) is 10.2. The number of rotatable bonds is 6. The molecule has 3 nitrogen and oxygen atoms in total. The van der Waals surface area contributed by atoms with Crippen LogP contribution in [-0.4, -0.2) is 10.9 Å². The quantitative estimate of drug-likeness (QED) is 0.532. The molecule has 0 aliphatic rings. The van der Waals surface area contributed by atoms with E-state index in [2.05, 4.69) is 16.4 Å². The highest BCUT2D eigenvalue weighted by atomic mass is 35.5. The molecule has 8 heteroatoms. The van der Waals surface area contributed by atoms with Crippen molar-refractivity contribution in [2.45, 2.75) is 19.3 Å². The highest BCUT2D eigenvalue weighted by Gasteiger charge is 2.13. The summed E-state index contributed by atoms with van der Waals surface area (Å²) in [4.78, 5) is 17.7. The lowest BCUT2D eigenvalue weighted by atomic mass is 10.2. The van der Waals surface area contributed by atoms with Gasteiger partial charge in [-0.2, -0.15) is 0 Å². The van der Waals surface area contributed by atoms with Crippen LogP contribution in [-0.2, 0) is 11.2 Å². The third-order valence-corrected chi connectivity index (χ3v) is 6.27. The highest BCUT2D eigenvalue weighted by molar-refractivity contribution is 7.20. The molecule has 1 amide bonds. The molecule has 0 saturated heterocycles. The van der Waals surface area contributed by atoms with E-state index >= 15 is 0 Å². The predicted octanol–water partition coefficient (Wildman–Crippen LogP) is 6.20. The van der Waals surface area contributed by atoms with Gasteiger partial charge in [-0.25, -0.2) is 4.98 Å². The van der Waals surface area contributed by atoms with Crippen LogP contribution in [0.4, 0.5) is 5.13 Å². The van der Waals surface area contributed by atoms with Crippen LogP contribution < -0.4 is 5.32 Å². The van der Waals surface area contributed by atoms with Gasteiger partial charge in [0.2, 0.25) is 5.91 Å². The molecule has 1 N–H and O–H groups in total. The van der Waals surface area contributed by atoms with Crippen LogP contribution in [0.25, 0.3) is 11.3 Å². The third kappa shape index (κ3) is 4.55. The molecule has 0 unspecified atom stereocenters. The van der Waals surface area contributed by atoms with Crippen LogP contribution in [0, 0.1) is 0 Å². The Labute approximate surface area is 155 Å². The molecule has 120 valence electrons. The summed E-state index contributed by atoms with van der Waals surface area (Å²) in [7, 11) is 0. The van der Waals surface area contributed by atoms with E-state index < -0.39 is 0 Å². The number of thiophene rings is 2. The first-order valence-electron chi connectivity index (χ1n) is 6.85. The van der Waals surface area contributed by atoms with Crippen LogP contribution in [0.5, 0.6) is 0 Å². The third-order valence-electron chi connectivity index (χ3n) is 3.09. The van der Waals surface area contributed by atoms with Gasteiger partial charge in [0.15, 0.2) is 5.13 Å². The van der Waals surface area contributed by atoms with E-state index in [0.29, 0.717) is 20.2 Å². The fourth-order valence-corrected chi connectivity index (χ4v) is 4.99. The van der Waals surface area contributed by atoms with Crippen LogP contribution in [0.3, 0.4) is 0 Å². The molecule has 0 saturated carbocycles. The number of amides is 1. The first kappa shape index (κ1) is 16.9. The number of carbonyl (C=O) groups excluding carboxylic acids is 1. The fourth-order valence-electron chi connectivity index (χ4n) is 2.03. The molecule has 0 spiro atoms. The van der Waals surface area contributed by atoms with Crippen molar-refractivity contribution >= 4 is 68.3 Å². The van der Waals surface area contributed by atoms with E-state index in [1.165, 1.54) is 27.6 Å². The number of thiazole rings is 1. The molecule has 23 heavy (non-hydrogen) atoms. The van der Waals surface area contributed by atoms with Gasteiger partial charge in [-0.3, -0.25) is 4.79 Å². The molecule has 3 rings (SSSR count). The normalized spacial score (nSPS) is 10.9. The summed E-state index contributed by atoms with van der Waals surface area (Å²) in [5.41, 5.74) is 1.54. The first-order chi connectivity index (χ1) is 11.1. The minimum atomic E-state index is -0.0168. The number of hydrogen-bond donors (Lipinski definition) is 1. The van der Waals surface area contributed by atoms with E-state index in [1.807, 2.05) is 16.8 Å². The van der Waals surface area contributed by atoms with Gasteiger partial charge in [0.1, 0.15) is 4.34 Å². The zero-order valence-electron chi connectivity index (χ0n) is 11.8. The number of halogens is 2. The number of nitrogens with zero attached hydrogens (tertiary/aromatic N) is 1. The number of aromatic nitrogens is 1. The van der Waals surface area contributed by atoms with Gasteiger partial charge in [0.05, 0.1) is 10.0 Å². The molecule has 3 aromatic heterocycles. The average molecular weight is 403 g/mol. The van der Waals surface area contributed by atoms with Crippen molar-refractivity contribution in [1.82, 2.24) is 4.98 Å². The Morgan fingerprint density at radius 3 is 2.87 bits per heavy atom. The molecule has 0 aliphatic heterocycles. The van der Waals surface area contributed by atoms with Crippen molar-refractivity contribution in [3.8, 4) is 11.3 Å². The Bertz CT molecular complexity index is 796. The van der Waals surface area contributed by atoms with Crippen LogP contribution in [0.1, 0.15) is 17.7 Å². The molecular formula is C15H12Cl2N2OS3. The molecule has 0 fully saturated rings. The summed E-state index contributed by atoms with van der Waals surface area (Å²) in [6.07, 6.45) is 2.24. The van der Waals surface area contributed by atoms with Crippen molar-refractivity contribution in [2.24, 2.45) is 0 Å². The summed E-state index contributed by atoms with van der Waals surface area (Å²) in [5, 5.41) is 7.34. The standard InChI is InChI=1S/C15H12Cl2N2OS3/c16-12-7-10(14(17)23-12)11-8-22-15(18-11)19-13(20)5-1-3-9-4-2-6-21-9/h2,4,6-8H,1,3,5H2,(H,18,19,20). The van der Waals surface area contributed by atoms with Gasteiger partial charge in [0, 0.05) is 22.2 Å². The Balaban J connectivity index is 1.54. The van der Waals surface area contributed by atoms with Crippen molar-refractivity contribution in [3.63, 3.8) is 0 Å². The number of nitrogens with one attached hydrogen (secondary N) is 1. The number of carbonyl (C=O) groups is 1. The van der Waals surface area contributed by atoms with Gasteiger partial charge < -0.3 is 5.32 Å². The van der Waals surface area contributed by atoms with Gasteiger partial charge in [0.25, 0.3) is 0 Å². The van der Waals surface area contributed by atoms with Crippen LogP contribution in [0.15, 0.2) is 29.0 Å². The largest absolute Gasteiger partial charge is 0.302 e. The maximum atomic E-state index is 12.0. The Morgan fingerprint density at radius 2 is 2.17 bits per heavy atom. The van der Waals surface area contributed by atoms with Crippen molar-refractivity contribution in [1.29, 1.82) is 0 Å². The molecule has 3 heterocycles.